The van der Waals surface area contributed by atoms with Crippen LogP contribution in [0.3, 0.4) is 0 Å². The Labute approximate surface area is 135 Å². The molecule has 4 nitrogen and oxygen atoms in total. The standard InChI is InChI=1S/C14H14F2IN3O/c1-3-9-11(17)13(18-2)20-12(19-9)8-6-4-5-7-10(8)21-14(15)16/h4-7,14H,3H2,1-2H3,(H,18,19,20). The molecule has 0 amide bonds. The molecule has 1 aromatic carbocycles. The van der Waals surface area contributed by atoms with Gasteiger partial charge in [0.1, 0.15) is 11.6 Å². The van der Waals surface area contributed by atoms with Crippen LogP contribution in [0, 0.1) is 3.57 Å². The van der Waals surface area contributed by atoms with Crippen LogP contribution in [0.4, 0.5) is 14.6 Å². The summed E-state index contributed by atoms with van der Waals surface area (Å²) >= 11 is 2.17. The van der Waals surface area contributed by atoms with Crippen molar-refractivity contribution in [2.24, 2.45) is 0 Å². The van der Waals surface area contributed by atoms with Crippen molar-refractivity contribution >= 4 is 28.4 Å². The third-order valence-corrected chi connectivity index (χ3v) is 3.97. The summed E-state index contributed by atoms with van der Waals surface area (Å²) in [6.07, 6.45) is 0.723. The molecule has 1 N–H and O–H groups in total. The van der Waals surface area contributed by atoms with Crippen LogP contribution >= 0.6 is 22.6 Å². The van der Waals surface area contributed by atoms with Gasteiger partial charge in [-0.2, -0.15) is 8.78 Å². The molecular weight excluding hydrogens is 391 g/mol. The lowest BCUT2D eigenvalue weighted by atomic mass is 10.1. The van der Waals surface area contributed by atoms with Crippen LogP contribution in [0.2, 0.25) is 0 Å². The van der Waals surface area contributed by atoms with Gasteiger partial charge in [-0.15, -0.1) is 0 Å². The Morgan fingerprint density at radius 1 is 1.29 bits per heavy atom. The second kappa shape index (κ2) is 6.97. The summed E-state index contributed by atoms with van der Waals surface area (Å²) in [4.78, 5) is 8.84. The maximum absolute atomic E-state index is 12.5. The second-order valence-electron chi connectivity index (χ2n) is 4.13. The predicted octanol–water partition coefficient (Wildman–Crippen LogP) is 3.95. The molecule has 0 aliphatic heterocycles. The highest BCUT2D eigenvalue weighted by Gasteiger charge is 2.16. The van der Waals surface area contributed by atoms with Crippen molar-refractivity contribution < 1.29 is 13.5 Å². The maximum atomic E-state index is 12.5. The van der Waals surface area contributed by atoms with Crippen molar-refractivity contribution in [2.45, 2.75) is 20.0 Å². The first-order valence-electron chi connectivity index (χ1n) is 6.35. The summed E-state index contributed by atoms with van der Waals surface area (Å²) in [6, 6.07) is 6.51. The number of para-hydroxylation sites is 1. The minimum absolute atomic E-state index is 0.0674. The molecule has 0 aliphatic rings. The molecule has 2 rings (SSSR count). The summed E-state index contributed by atoms with van der Waals surface area (Å²) in [5.41, 5.74) is 1.30. The Kier molecular flexibility index (Phi) is 5.27. The van der Waals surface area contributed by atoms with E-state index in [1.807, 2.05) is 6.92 Å². The SMILES string of the molecule is CCc1nc(-c2ccccc2OC(F)F)nc(NC)c1I. The number of aromatic nitrogens is 2. The molecule has 0 saturated heterocycles. The fourth-order valence-corrected chi connectivity index (χ4v) is 2.76. The average Bonchev–Trinajstić information content (AvgIpc) is 2.47. The Bertz CT molecular complexity index is 612. The molecule has 0 bridgehead atoms. The van der Waals surface area contributed by atoms with E-state index in [1.54, 1.807) is 25.2 Å². The minimum Gasteiger partial charge on any atom is -0.434 e. The number of hydrogen-bond acceptors (Lipinski definition) is 4. The van der Waals surface area contributed by atoms with Crippen molar-refractivity contribution in [3.8, 4) is 17.1 Å². The summed E-state index contributed by atoms with van der Waals surface area (Å²) < 4.78 is 30.5. The van der Waals surface area contributed by atoms with Crippen LogP contribution in [0.25, 0.3) is 11.4 Å². The highest BCUT2D eigenvalue weighted by Crippen LogP contribution is 2.31. The number of ether oxygens (including phenoxy) is 1. The van der Waals surface area contributed by atoms with E-state index in [4.69, 9.17) is 0 Å². The Balaban J connectivity index is 2.56. The number of anilines is 1. The van der Waals surface area contributed by atoms with Gasteiger partial charge in [0, 0.05) is 7.05 Å². The van der Waals surface area contributed by atoms with Gasteiger partial charge in [-0.05, 0) is 41.1 Å². The normalized spacial score (nSPS) is 10.8. The van der Waals surface area contributed by atoms with E-state index in [2.05, 4.69) is 42.6 Å². The van der Waals surface area contributed by atoms with E-state index < -0.39 is 6.61 Å². The summed E-state index contributed by atoms with van der Waals surface area (Å²) in [5.74, 6) is 1.11. The van der Waals surface area contributed by atoms with Crippen molar-refractivity contribution in [1.82, 2.24) is 9.97 Å². The van der Waals surface area contributed by atoms with E-state index in [0.29, 0.717) is 17.2 Å². The van der Waals surface area contributed by atoms with E-state index in [-0.39, 0.29) is 5.75 Å². The smallest absolute Gasteiger partial charge is 0.387 e. The lowest BCUT2D eigenvalue weighted by Crippen LogP contribution is -2.07. The molecule has 0 spiro atoms. The van der Waals surface area contributed by atoms with E-state index in [0.717, 1.165) is 15.7 Å². The quantitative estimate of drug-likeness (QED) is 0.766. The maximum Gasteiger partial charge on any atom is 0.387 e. The Morgan fingerprint density at radius 3 is 2.62 bits per heavy atom. The minimum atomic E-state index is -2.88. The lowest BCUT2D eigenvalue weighted by Gasteiger charge is -2.13. The van der Waals surface area contributed by atoms with Gasteiger partial charge in [-0.1, -0.05) is 19.1 Å². The van der Waals surface area contributed by atoms with E-state index >= 15 is 0 Å². The zero-order chi connectivity index (χ0) is 15.4. The number of halogens is 3. The van der Waals surface area contributed by atoms with Crippen molar-refractivity contribution in [3.05, 3.63) is 33.5 Å². The number of benzene rings is 1. The Hall–Kier alpha value is -1.51. The highest BCUT2D eigenvalue weighted by atomic mass is 127. The molecule has 0 saturated carbocycles. The fraction of sp³-hybridized carbons (Fsp3) is 0.286. The van der Waals surface area contributed by atoms with E-state index in [9.17, 15) is 8.78 Å². The first kappa shape index (κ1) is 15.9. The first-order chi connectivity index (χ1) is 10.1. The van der Waals surface area contributed by atoms with Crippen LogP contribution in [0.15, 0.2) is 24.3 Å². The molecule has 0 radical (unpaired) electrons. The molecule has 0 aliphatic carbocycles. The van der Waals surface area contributed by atoms with Gasteiger partial charge < -0.3 is 10.1 Å². The molecule has 2 aromatic rings. The Morgan fingerprint density at radius 2 is 2.00 bits per heavy atom. The zero-order valence-corrected chi connectivity index (χ0v) is 13.7. The zero-order valence-electron chi connectivity index (χ0n) is 11.5. The predicted molar refractivity (Wildman–Crippen MR) is 85.7 cm³/mol. The topological polar surface area (TPSA) is 47.0 Å². The van der Waals surface area contributed by atoms with Gasteiger partial charge in [0.25, 0.3) is 0 Å². The van der Waals surface area contributed by atoms with Crippen molar-refractivity contribution in [1.29, 1.82) is 0 Å². The van der Waals surface area contributed by atoms with E-state index in [1.165, 1.54) is 6.07 Å². The van der Waals surface area contributed by atoms with Gasteiger partial charge in [-0.25, -0.2) is 9.97 Å². The number of alkyl halides is 2. The molecule has 1 heterocycles. The summed E-state index contributed by atoms with van der Waals surface area (Å²) in [7, 11) is 1.76. The molecular formula is C14H14F2IN3O. The van der Waals surface area contributed by atoms with Gasteiger partial charge >= 0.3 is 6.61 Å². The average molecular weight is 405 g/mol. The monoisotopic (exact) mass is 405 g/mol. The molecule has 0 unspecified atom stereocenters. The van der Waals surface area contributed by atoms with Crippen LogP contribution in [-0.2, 0) is 6.42 Å². The number of nitrogens with zero attached hydrogens (tertiary/aromatic N) is 2. The molecule has 112 valence electrons. The second-order valence-corrected chi connectivity index (χ2v) is 5.21. The fourth-order valence-electron chi connectivity index (χ4n) is 1.86. The first-order valence-corrected chi connectivity index (χ1v) is 7.43. The molecule has 21 heavy (non-hydrogen) atoms. The number of aryl methyl sites for hydroxylation is 1. The third-order valence-electron chi connectivity index (χ3n) is 2.84. The van der Waals surface area contributed by atoms with Gasteiger partial charge in [-0.3, -0.25) is 0 Å². The van der Waals surface area contributed by atoms with Crippen LogP contribution < -0.4 is 10.1 Å². The molecule has 7 heteroatoms. The largest absolute Gasteiger partial charge is 0.434 e. The molecule has 0 atom stereocenters. The molecule has 1 aromatic heterocycles. The van der Waals surface area contributed by atoms with Crippen LogP contribution in [-0.4, -0.2) is 23.6 Å². The van der Waals surface area contributed by atoms with Crippen molar-refractivity contribution in [2.75, 3.05) is 12.4 Å². The summed E-state index contributed by atoms with van der Waals surface area (Å²) in [6.45, 7) is -0.903. The van der Waals surface area contributed by atoms with Gasteiger partial charge in [0.15, 0.2) is 5.82 Å². The molecule has 0 fully saturated rings. The number of nitrogens with one attached hydrogen (secondary N) is 1. The highest BCUT2D eigenvalue weighted by molar-refractivity contribution is 14.1. The van der Waals surface area contributed by atoms with Crippen molar-refractivity contribution in [3.63, 3.8) is 0 Å². The lowest BCUT2D eigenvalue weighted by molar-refractivity contribution is -0.0494. The van der Waals surface area contributed by atoms with Gasteiger partial charge in [0.2, 0.25) is 0 Å². The van der Waals surface area contributed by atoms with Gasteiger partial charge in [0.05, 0.1) is 14.8 Å². The van der Waals surface area contributed by atoms with Crippen LogP contribution in [0.5, 0.6) is 5.75 Å². The van der Waals surface area contributed by atoms with Crippen LogP contribution in [0.1, 0.15) is 12.6 Å². The number of rotatable bonds is 5. The number of hydrogen-bond donors (Lipinski definition) is 1. The third kappa shape index (κ3) is 3.58. The summed E-state index contributed by atoms with van der Waals surface area (Å²) in [5, 5.41) is 2.99.